The van der Waals surface area contributed by atoms with Gasteiger partial charge in [0.2, 0.25) is 0 Å². The molecule has 0 rings (SSSR count). The molecule has 0 aliphatic heterocycles. The van der Waals surface area contributed by atoms with E-state index < -0.39 is 5.91 Å². The second kappa shape index (κ2) is 10.9. The van der Waals surface area contributed by atoms with Gasteiger partial charge in [0.05, 0.1) is 0 Å². The van der Waals surface area contributed by atoms with Crippen LogP contribution in [-0.4, -0.2) is 21.5 Å². The van der Waals surface area contributed by atoms with Gasteiger partial charge in [-0.2, -0.15) is 0 Å². The normalized spacial score (nSPS) is 10.4. The Morgan fingerprint density at radius 2 is 1.31 bits per heavy atom. The van der Waals surface area contributed by atoms with Crippen LogP contribution in [0.4, 0.5) is 0 Å². The molecule has 0 unspecified atom stereocenters. The molecule has 2 N–H and O–H groups in total. The first-order valence-electron chi connectivity index (χ1n) is 6.39. The minimum Gasteiger partial charge on any atom is -0.270 e. The van der Waals surface area contributed by atoms with Crippen molar-refractivity contribution >= 4 is 5.91 Å². The monoisotopic (exact) mass is 231 g/mol. The molecule has 1 amide bonds. The Kier molecular flexibility index (Phi) is 10.5. The van der Waals surface area contributed by atoms with Crippen molar-refractivity contribution in [1.82, 2.24) is 5.23 Å². The Balaban J connectivity index is 3.07. The fourth-order valence-electron chi connectivity index (χ4n) is 1.69. The number of carbonyl (C=O) groups excluding carboxylic acids is 1. The highest BCUT2D eigenvalue weighted by Crippen LogP contribution is 2.10. The van der Waals surface area contributed by atoms with Gasteiger partial charge in [-0.1, -0.05) is 63.5 Å². The summed E-state index contributed by atoms with van der Waals surface area (Å²) in [4.78, 5) is 10.8. The zero-order valence-electron chi connectivity index (χ0n) is 10.3. The van der Waals surface area contributed by atoms with Gasteiger partial charge >= 0.3 is 0 Å². The maximum absolute atomic E-state index is 10.8. The highest BCUT2D eigenvalue weighted by Gasteiger charge is 2.06. The molecule has 4 heteroatoms. The molecule has 0 aliphatic rings. The largest absolute Gasteiger partial charge is 0.273 e. The van der Waals surface area contributed by atoms with E-state index in [2.05, 4.69) is 6.92 Å². The van der Waals surface area contributed by atoms with Gasteiger partial charge < -0.3 is 0 Å². The summed E-state index contributed by atoms with van der Waals surface area (Å²) in [5.74, 6) is -0.622. The van der Waals surface area contributed by atoms with Gasteiger partial charge in [0.15, 0.2) is 0 Å². The lowest BCUT2D eigenvalue weighted by molar-refractivity contribution is -0.285. The van der Waals surface area contributed by atoms with E-state index in [1.807, 2.05) is 0 Å². The van der Waals surface area contributed by atoms with E-state index in [0.29, 0.717) is 0 Å². The highest BCUT2D eigenvalue weighted by molar-refractivity contribution is 5.73. The molecule has 0 aromatic heterocycles. The standard InChI is InChI=1S/C12H25NO3/c1-2-3-4-5-6-7-8-9-10-11-12(14)13(15)16/h15-16H,2-11H2,1H3. The lowest BCUT2D eigenvalue weighted by atomic mass is 10.1. The van der Waals surface area contributed by atoms with E-state index in [1.54, 1.807) is 0 Å². The third-order valence-corrected chi connectivity index (χ3v) is 2.72. The minimum atomic E-state index is -0.622. The first-order chi connectivity index (χ1) is 7.68. The topological polar surface area (TPSA) is 60.8 Å². The Morgan fingerprint density at radius 1 is 0.875 bits per heavy atom. The first kappa shape index (κ1) is 15.4. The van der Waals surface area contributed by atoms with E-state index in [0.717, 1.165) is 19.3 Å². The van der Waals surface area contributed by atoms with Gasteiger partial charge in [0.1, 0.15) is 0 Å². The average Bonchev–Trinajstić information content (AvgIpc) is 2.26. The SMILES string of the molecule is CCCCCCCCCCCC(=O)N(O)O. The molecule has 0 aromatic rings. The highest BCUT2D eigenvalue weighted by atomic mass is 16.8. The maximum Gasteiger partial charge on any atom is 0.273 e. The summed E-state index contributed by atoms with van der Waals surface area (Å²) in [6.07, 6.45) is 10.9. The van der Waals surface area contributed by atoms with Crippen molar-refractivity contribution in [2.45, 2.75) is 71.1 Å². The summed E-state index contributed by atoms with van der Waals surface area (Å²) < 4.78 is 0. The fourth-order valence-corrected chi connectivity index (χ4v) is 1.69. The summed E-state index contributed by atoms with van der Waals surface area (Å²) in [6.45, 7) is 2.21. The summed E-state index contributed by atoms with van der Waals surface area (Å²) in [7, 11) is 0. The van der Waals surface area contributed by atoms with Crippen LogP contribution in [-0.2, 0) is 4.79 Å². The Labute approximate surface area is 98.2 Å². The molecule has 0 saturated carbocycles. The molecule has 0 aliphatic carbocycles. The molecule has 0 saturated heterocycles. The number of amides is 1. The summed E-state index contributed by atoms with van der Waals surface area (Å²) in [5, 5.41) is 16.5. The molecule has 0 fully saturated rings. The molecule has 0 heterocycles. The van der Waals surface area contributed by atoms with Gasteiger partial charge in [-0.3, -0.25) is 15.2 Å². The number of carbonyl (C=O) groups is 1. The van der Waals surface area contributed by atoms with Crippen molar-refractivity contribution < 1.29 is 15.2 Å². The lowest BCUT2D eigenvalue weighted by Crippen LogP contribution is -2.22. The fraction of sp³-hybridized carbons (Fsp3) is 0.917. The van der Waals surface area contributed by atoms with Crippen LogP contribution >= 0.6 is 0 Å². The number of hydroxylamine groups is 2. The van der Waals surface area contributed by atoms with Gasteiger partial charge in [0.25, 0.3) is 5.91 Å². The van der Waals surface area contributed by atoms with Crippen LogP contribution in [0.2, 0.25) is 0 Å². The van der Waals surface area contributed by atoms with E-state index >= 15 is 0 Å². The first-order valence-corrected chi connectivity index (χ1v) is 6.39. The van der Waals surface area contributed by atoms with Gasteiger partial charge in [-0.15, -0.1) is 0 Å². The molecule has 0 aromatic carbocycles. The number of unbranched alkanes of at least 4 members (excludes halogenated alkanes) is 8. The Hall–Kier alpha value is -0.610. The van der Waals surface area contributed by atoms with Crippen LogP contribution in [0.25, 0.3) is 0 Å². The molecule has 0 radical (unpaired) electrons. The molecule has 4 nitrogen and oxygen atoms in total. The van der Waals surface area contributed by atoms with E-state index in [1.165, 1.54) is 38.5 Å². The third kappa shape index (κ3) is 9.93. The lowest BCUT2D eigenvalue weighted by Gasteiger charge is -2.05. The molecular formula is C12H25NO3. The number of hydrogen-bond acceptors (Lipinski definition) is 3. The number of rotatable bonds is 10. The third-order valence-electron chi connectivity index (χ3n) is 2.72. The van der Waals surface area contributed by atoms with Crippen molar-refractivity contribution in [3.05, 3.63) is 0 Å². The van der Waals surface area contributed by atoms with Gasteiger partial charge in [-0.05, 0) is 6.42 Å². The second-order valence-corrected chi connectivity index (χ2v) is 4.26. The average molecular weight is 231 g/mol. The van der Waals surface area contributed by atoms with Crippen molar-refractivity contribution in [3.8, 4) is 0 Å². The predicted octanol–water partition coefficient (Wildman–Crippen LogP) is 3.51. The second-order valence-electron chi connectivity index (χ2n) is 4.26. The van der Waals surface area contributed by atoms with Crippen LogP contribution in [0.5, 0.6) is 0 Å². The Morgan fingerprint density at radius 3 is 1.75 bits per heavy atom. The molecule has 0 atom stereocenters. The van der Waals surface area contributed by atoms with Crippen molar-refractivity contribution in [1.29, 1.82) is 0 Å². The van der Waals surface area contributed by atoms with Crippen LogP contribution in [0.3, 0.4) is 0 Å². The number of hydrogen-bond donors (Lipinski definition) is 2. The molecule has 96 valence electrons. The van der Waals surface area contributed by atoms with Crippen LogP contribution < -0.4 is 0 Å². The van der Waals surface area contributed by atoms with Gasteiger partial charge in [0, 0.05) is 6.42 Å². The van der Waals surface area contributed by atoms with Crippen LogP contribution in [0.15, 0.2) is 0 Å². The molecule has 0 bridgehead atoms. The summed E-state index contributed by atoms with van der Waals surface area (Å²) >= 11 is 0. The van der Waals surface area contributed by atoms with E-state index in [9.17, 15) is 4.79 Å². The summed E-state index contributed by atoms with van der Waals surface area (Å²) in [5.41, 5.74) is 0. The minimum absolute atomic E-state index is 0.225. The van der Waals surface area contributed by atoms with Crippen LogP contribution in [0, 0.1) is 0 Å². The smallest absolute Gasteiger partial charge is 0.270 e. The number of nitrogens with zero attached hydrogens (tertiary/aromatic N) is 1. The zero-order chi connectivity index (χ0) is 12.2. The van der Waals surface area contributed by atoms with E-state index in [4.69, 9.17) is 10.4 Å². The van der Waals surface area contributed by atoms with Crippen LogP contribution in [0.1, 0.15) is 71.1 Å². The molecule has 0 spiro atoms. The molecular weight excluding hydrogens is 206 g/mol. The maximum atomic E-state index is 10.8. The summed E-state index contributed by atoms with van der Waals surface area (Å²) in [6, 6.07) is 0. The van der Waals surface area contributed by atoms with E-state index in [-0.39, 0.29) is 11.6 Å². The Bertz CT molecular complexity index is 172. The van der Waals surface area contributed by atoms with Crippen molar-refractivity contribution in [2.75, 3.05) is 0 Å². The molecule has 16 heavy (non-hydrogen) atoms. The quantitative estimate of drug-likeness (QED) is 0.343. The van der Waals surface area contributed by atoms with Crippen molar-refractivity contribution in [3.63, 3.8) is 0 Å². The van der Waals surface area contributed by atoms with Crippen molar-refractivity contribution in [2.24, 2.45) is 0 Å². The van der Waals surface area contributed by atoms with Gasteiger partial charge in [-0.25, -0.2) is 0 Å². The zero-order valence-corrected chi connectivity index (χ0v) is 10.3. The predicted molar refractivity (Wildman–Crippen MR) is 62.3 cm³/mol.